The van der Waals surface area contributed by atoms with Gasteiger partial charge in [-0.15, -0.1) is 0 Å². The number of methoxy groups -OCH3 is 1. The molecule has 0 bridgehead atoms. The van der Waals surface area contributed by atoms with Crippen molar-refractivity contribution in [1.82, 2.24) is 5.32 Å². The van der Waals surface area contributed by atoms with Crippen LogP contribution in [0.2, 0.25) is 0 Å². The molecule has 0 radical (unpaired) electrons. The molecule has 0 fully saturated rings. The molecular weight excluding hydrogens is 254 g/mol. The zero-order valence-electron chi connectivity index (χ0n) is 12.6. The van der Waals surface area contributed by atoms with E-state index in [9.17, 15) is 0 Å². The van der Waals surface area contributed by atoms with Gasteiger partial charge in [-0.1, -0.05) is 12.1 Å². The molecule has 5 nitrogen and oxygen atoms in total. The highest BCUT2D eigenvalue weighted by molar-refractivity contribution is 5.77. The van der Waals surface area contributed by atoms with Gasteiger partial charge in [0.1, 0.15) is 5.75 Å². The highest BCUT2D eigenvalue weighted by Crippen LogP contribution is 2.21. The molecule has 0 saturated carbocycles. The molecule has 3 N–H and O–H groups in total. The first-order valence-corrected chi connectivity index (χ1v) is 6.92. The Labute approximate surface area is 121 Å². The number of ether oxygens (including phenoxy) is 2. The summed E-state index contributed by atoms with van der Waals surface area (Å²) >= 11 is 0. The number of nitrogens with two attached hydrogens (primary N) is 1. The van der Waals surface area contributed by atoms with E-state index >= 15 is 0 Å². The molecule has 20 heavy (non-hydrogen) atoms. The molecule has 1 rings (SSSR count). The number of nitrogens with zero attached hydrogens (tertiary/aromatic N) is 1. The highest BCUT2D eigenvalue weighted by atomic mass is 16.5. The van der Waals surface area contributed by atoms with E-state index in [1.54, 1.807) is 7.11 Å². The Morgan fingerprint density at radius 1 is 1.35 bits per heavy atom. The van der Waals surface area contributed by atoms with E-state index in [1.807, 2.05) is 26.0 Å². The van der Waals surface area contributed by atoms with Crippen molar-refractivity contribution in [2.45, 2.75) is 26.8 Å². The average molecular weight is 279 g/mol. The van der Waals surface area contributed by atoms with Crippen LogP contribution in [0.3, 0.4) is 0 Å². The third-order valence-electron chi connectivity index (χ3n) is 2.75. The first kappa shape index (κ1) is 16.3. The van der Waals surface area contributed by atoms with Crippen molar-refractivity contribution in [3.05, 3.63) is 29.3 Å². The summed E-state index contributed by atoms with van der Waals surface area (Å²) in [6.07, 6.45) is 0.868. The highest BCUT2D eigenvalue weighted by Gasteiger charge is 2.04. The number of benzene rings is 1. The molecular formula is C15H25N3O2. The molecule has 112 valence electrons. The molecule has 1 aromatic carbocycles. The Morgan fingerprint density at radius 3 is 2.85 bits per heavy atom. The van der Waals surface area contributed by atoms with Gasteiger partial charge in [0.2, 0.25) is 0 Å². The third kappa shape index (κ3) is 5.93. The van der Waals surface area contributed by atoms with Gasteiger partial charge in [-0.25, -0.2) is 4.99 Å². The standard InChI is InChI=1S/C15H25N3O2/c1-4-17-15(16)18-11-13-7-6-12(2)10-14(13)20-9-5-8-19-3/h6-7,10H,4-5,8-9,11H2,1-3H3,(H3,16,17,18). The summed E-state index contributed by atoms with van der Waals surface area (Å²) in [6, 6.07) is 6.11. The lowest BCUT2D eigenvalue weighted by atomic mass is 10.1. The summed E-state index contributed by atoms with van der Waals surface area (Å²) in [5.74, 6) is 1.33. The smallest absolute Gasteiger partial charge is 0.188 e. The number of guanidine groups is 1. The summed E-state index contributed by atoms with van der Waals surface area (Å²) in [7, 11) is 1.69. The zero-order valence-corrected chi connectivity index (χ0v) is 12.6. The van der Waals surface area contributed by atoms with E-state index in [4.69, 9.17) is 15.2 Å². The van der Waals surface area contributed by atoms with Crippen LogP contribution in [0.4, 0.5) is 0 Å². The second kappa shape index (κ2) is 9.20. The number of rotatable bonds is 8. The zero-order chi connectivity index (χ0) is 14.8. The van der Waals surface area contributed by atoms with E-state index in [2.05, 4.69) is 16.4 Å². The van der Waals surface area contributed by atoms with Gasteiger partial charge in [0, 0.05) is 32.2 Å². The van der Waals surface area contributed by atoms with Crippen molar-refractivity contribution < 1.29 is 9.47 Å². The quantitative estimate of drug-likeness (QED) is 0.433. The van der Waals surface area contributed by atoms with E-state index in [-0.39, 0.29) is 0 Å². The van der Waals surface area contributed by atoms with Crippen LogP contribution >= 0.6 is 0 Å². The molecule has 0 unspecified atom stereocenters. The lowest BCUT2D eigenvalue weighted by molar-refractivity contribution is 0.172. The Kier molecular flexibility index (Phi) is 7.50. The van der Waals surface area contributed by atoms with Crippen molar-refractivity contribution in [2.24, 2.45) is 10.7 Å². The largest absolute Gasteiger partial charge is 0.493 e. The van der Waals surface area contributed by atoms with E-state index < -0.39 is 0 Å². The van der Waals surface area contributed by atoms with Gasteiger partial charge in [0.25, 0.3) is 0 Å². The van der Waals surface area contributed by atoms with Crippen LogP contribution in [-0.4, -0.2) is 32.8 Å². The van der Waals surface area contributed by atoms with Crippen molar-refractivity contribution in [2.75, 3.05) is 26.9 Å². The monoisotopic (exact) mass is 279 g/mol. The maximum atomic E-state index is 5.80. The lowest BCUT2D eigenvalue weighted by Gasteiger charge is -2.11. The molecule has 0 saturated heterocycles. The number of aryl methyl sites for hydroxylation is 1. The predicted octanol–water partition coefficient (Wildman–Crippen LogP) is 1.83. The Balaban J connectivity index is 2.66. The number of nitrogens with one attached hydrogen (secondary N) is 1. The Morgan fingerprint density at radius 2 is 2.15 bits per heavy atom. The third-order valence-corrected chi connectivity index (χ3v) is 2.75. The van der Waals surface area contributed by atoms with Crippen LogP contribution in [0.5, 0.6) is 5.75 Å². The van der Waals surface area contributed by atoms with Crippen LogP contribution in [-0.2, 0) is 11.3 Å². The van der Waals surface area contributed by atoms with E-state index in [0.717, 1.165) is 24.3 Å². The first-order chi connectivity index (χ1) is 9.67. The van der Waals surface area contributed by atoms with Crippen molar-refractivity contribution in [3.63, 3.8) is 0 Å². The molecule has 5 heteroatoms. The second-order valence-corrected chi connectivity index (χ2v) is 4.54. The van der Waals surface area contributed by atoms with Crippen molar-refractivity contribution in [3.8, 4) is 5.75 Å². The van der Waals surface area contributed by atoms with Gasteiger partial charge in [-0.3, -0.25) is 0 Å². The first-order valence-electron chi connectivity index (χ1n) is 6.92. The summed E-state index contributed by atoms with van der Waals surface area (Å²) in [5.41, 5.74) is 7.94. The summed E-state index contributed by atoms with van der Waals surface area (Å²) in [4.78, 5) is 4.30. The molecule has 0 atom stereocenters. The van der Waals surface area contributed by atoms with Crippen LogP contribution in [0.15, 0.2) is 23.2 Å². The minimum absolute atomic E-state index is 0.457. The molecule has 0 heterocycles. The van der Waals surface area contributed by atoms with Gasteiger partial charge >= 0.3 is 0 Å². The minimum atomic E-state index is 0.457. The molecule has 0 aliphatic heterocycles. The van der Waals surface area contributed by atoms with Crippen LogP contribution in [0, 0.1) is 6.92 Å². The minimum Gasteiger partial charge on any atom is -0.493 e. The van der Waals surface area contributed by atoms with Gasteiger partial charge < -0.3 is 20.5 Å². The SMILES string of the molecule is CCNC(N)=NCc1ccc(C)cc1OCCCOC. The van der Waals surface area contributed by atoms with Gasteiger partial charge in [-0.05, 0) is 25.5 Å². The maximum absolute atomic E-state index is 5.80. The second-order valence-electron chi connectivity index (χ2n) is 4.54. The van der Waals surface area contributed by atoms with Crippen molar-refractivity contribution in [1.29, 1.82) is 0 Å². The topological polar surface area (TPSA) is 68.9 Å². The molecule has 0 spiro atoms. The maximum Gasteiger partial charge on any atom is 0.188 e. The van der Waals surface area contributed by atoms with E-state index in [1.165, 1.54) is 5.56 Å². The van der Waals surface area contributed by atoms with Crippen LogP contribution in [0.1, 0.15) is 24.5 Å². The van der Waals surface area contributed by atoms with Gasteiger partial charge in [0.05, 0.1) is 13.2 Å². The predicted molar refractivity (Wildman–Crippen MR) is 82.2 cm³/mol. The fraction of sp³-hybridized carbons (Fsp3) is 0.533. The van der Waals surface area contributed by atoms with Gasteiger partial charge in [0.15, 0.2) is 5.96 Å². The Bertz CT molecular complexity index is 433. The fourth-order valence-electron chi connectivity index (χ4n) is 1.72. The molecule has 0 aromatic heterocycles. The van der Waals surface area contributed by atoms with Crippen LogP contribution < -0.4 is 15.8 Å². The average Bonchev–Trinajstić information content (AvgIpc) is 2.43. The van der Waals surface area contributed by atoms with Crippen molar-refractivity contribution >= 4 is 5.96 Å². The molecule has 0 aliphatic carbocycles. The molecule has 0 amide bonds. The summed E-state index contributed by atoms with van der Waals surface area (Å²) in [5, 5.41) is 2.98. The number of hydrogen-bond acceptors (Lipinski definition) is 3. The fourth-order valence-corrected chi connectivity index (χ4v) is 1.72. The summed E-state index contributed by atoms with van der Waals surface area (Å²) in [6.45, 7) is 6.65. The molecule has 0 aliphatic rings. The van der Waals surface area contributed by atoms with Crippen LogP contribution in [0.25, 0.3) is 0 Å². The van der Waals surface area contributed by atoms with E-state index in [0.29, 0.717) is 25.7 Å². The van der Waals surface area contributed by atoms with Gasteiger partial charge in [-0.2, -0.15) is 0 Å². The Hall–Kier alpha value is -1.75. The number of hydrogen-bond donors (Lipinski definition) is 2. The summed E-state index contributed by atoms with van der Waals surface area (Å²) < 4.78 is 10.8. The lowest BCUT2D eigenvalue weighted by Crippen LogP contribution is -2.31. The normalized spacial score (nSPS) is 11.4. The number of aliphatic imine (C=N–C) groups is 1. The molecule has 1 aromatic rings.